The summed E-state index contributed by atoms with van der Waals surface area (Å²) in [5, 5.41) is 21.4. The topological polar surface area (TPSA) is 73.7 Å². The molecule has 2 atom stereocenters. The van der Waals surface area contributed by atoms with E-state index in [4.69, 9.17) is 4.98 Å². The number of carbonyl (C=O) groups is 1. The van der Waals surface area contributed by atoms with Gasteiger partial charge in [-0.3, -0.25) is 4.79 Å². The van der Waals surface area contributed by atoms with Crippen LogP contribution in [-0.4, -0.2) is 46.6 Å². The van der Waals surface area contributed by atoms with Gasteiger partial charge in [0.2, 0.25) is 0 Å². The van der Waals surface area contributed by atoms with Crippen molar-refractivity contribution in [3.8, 4) is 0 Å². The monoisotopic (exact) mass is 374 g/mol. The number of aromatic nitrogens is 1. The van der Waals surface area contributed by atoms with Crippen molar-refractivity contribution in [3.63, 3.8) is 0 Å². The number of fused-ring (bicyclic) bond motifs is 1. The Morgan fingerprint density at radius 2 is 2.19 bits per heavy atom. The Morgan fingerprint density at radius 1 is 1.42 bits per heavy atom. The van der Waals surface area contributed by atoms with Gasteiger partial charge in [0, 0.05) is 23.4 Å². The molecule has 2 heterocycles. The Morgan fingerprint density at radius 3 is 2.85 bits per heavy atom. The van der Waals surface area contributed by atoms with Gasteiger partial charge in [-0.25, -0.2) is 4.98 Å². The van der Waals surface area contributed by atoms with Crippen LogP contribution in [0.2, 0.25) is 0 Å². The minimum absolute atomic E-state index is 0.290. The molecular formula is C20H26N2O3S. The minimum Gasteiger partial charge on any atom is -0.481 e. The molecule has 1 saturated heterocycles. The largest absolute Gasteiger partial charge is 0.481 e. The molecule has 0 amide bonds. The first kappa shape index (κ1) is 19.0. The second-order valence-electron chi connectivity index (χ2n) is 7.12. The highest BCUT2D eigenvalue weighted by molar-refractivity contribution is 7.98. The van der Waals surface area contributed by atoms with Crippen molar-refractivity contribution in [1.82, 2.24) is 4.98 Å². The molecule has 6 heteroatoms. The first-order chi connectivity index (χ1) is 12.4. The second-order valence-corrected chi connectivity index (χ2v) is 8.00. The van der Waals surface area contributed by atoms with Gasteiger partial charge in [0.05, 0.1) is 11.6 Å². The van der Waals surface area contributed by atoms with Crippen LogP contribution in [0.3, 0.4) is 0 Å². The number of benzene rings is 1. The van der Waals surface area contributed by atoms with E-state index in [1.807, 2.05) is 24.0 Å². The van der Waals surface area contributed by atoms with Crippen LogP contribution in [0.15, 0.2) is 29.2 Å². The maximum Gasteiger partial charge on any atom is 0.314 e. The van der Waals surface area contributed by atoms with Gasteiger partial charge >= 0.3 is 5.97 Å². The Balaban J connectivity index is 1.99. The SMILES string of the molecule is CCC[C@]1(C(=O)O)CN(c2cc(C)c3cc(SC)ccc3n2)CC[C@H]1O. The van der Waals surface area contributed by atoms with E-state index < -0.39 is 17.5 Å². The van der Waals surface area contributed by atoms with E-state index >= 15 is 0 Å². The number of hydrogen-bond donors (Lipinski definition) is 2. The predicted octanol–water partition coefficient (Wildman–Crippen LogP) is 3.71. The van der Waals surface area contributed by atoms with Gasteiger partial charge in [0.15, 0.2) is 0 Å². The van der Waals surface area contributed by atoms with E-state index in [-0.39, 0.29) is 6.54 Å². The number of hydrogen-bond acceptors (Lipinski definition) is 5. The third-order valence-corrected chi connectivity index (χ3v) is 6.16. The highest BCUT2D eigenvalue weighted by atomic mass is 32.2. The summed E-state index contributed by atoms with van der Waals surface area (Å²) < 4.78 is 0. The van der Waals surface area contributed by atoms with Crippen LogP contribution >= 0.6 is 11.8 Å². The molecular weight excluding hydrogens is 348 g/mol. The zero-order valence-corrected chi connectivity index (χ0v) is 16.3. The van der Waals surface area contributed by atoms with Crippen molar-refractivity contribution in [1.29, 1.82) is 0 Å². The molecule has 26 heavy (non-hydrogen) atoms. The third kappa shape index (κ3) is 3.28. The highest BCUT2D eigenvalue weighted by Gasteiger charge is 2.48. The van der Waals surface area contributed by atoms with Gasteiger partial charge in [-0.05, 0) is 55.9 Å². The smallest absolute Gasteiger partial charge is 0.314 e. The van der Waals surface area contributed by atoms with Gasteiger partial charge in [-0.1, -0.05) is 13.3 Å². The van der Waals surface area contributed by atoms with E-state index in [2.05, 4.69) is 25.3 Å². The summed E-state index contributed by atoms with van der Waals surface area (Å²) >= 11 is 1.70. The summed E-state index contributed by atoms with van der Waals surface area (Å²) in [7, 11) is 0. The molecule has 2 aromatic rings. The van der Waals surface area contributed by atoms with Crippen LogP contribution in [0, 0.1) is 12.3 Å². The predicted molar refractivity (Wildman–Crippen MR) is 106 cm³/mol. The number of aliphatic carboxylic acids is 1. The van der Waals surface area contributed by atoms with Crippen molar-refractivity contribution < 1.29 is 15.0 Å². The summed E-state index contributed by atoms with van der Waals surface area (Å²) in [5.74, 6) is -0.126. The molecule has 2 N–H and O–H groups in total. The molecule has 0 unspecified atom stereocenters. The molecule has 0 radical (unpaired) electrons. The van der Waals surface area contributed by atoms with Crippen LogP contribution in [0.5, 0.6) is 0 Å². The minimum atomic E-state index is -1.12. The fourth-order valence-corrected chi connectivity index (χ4v) is 4.37. The molecule has 5 nitrogen and oxygen atoms in total. The number of aliphatic hydroxyl groups excluding tert-OH is 1. The standard InChI is InChI=1S/C20H26N2O3S/c1-4-8-20(19(24)25)12-22(9-7-17(20)23)18-10-13(2)15-11-14(26-3)5-6-16(15)21-18/h5-6,10-11,17,23H,4,7-9,12H2,1-3H3,(H,24,25)/t17-,20+/m1/s1. The maximum atomic E-state index is 12.0. The number of carboxylic acid groups (broad SMARTS) is 1. The van der Waals surface area contributed by atoms with E-state index in [0.29, 0.717) is 19.4 Å². The van der Waals surface area contributed by atoms with Crippen LogP contribution in [0.25, 0.3) is 10.9 Å². The number of anilines is 1. The van der Waals surface area contributed by atoms with Gasteiger partial charge in [-0.15, -0.1) is 11.8 Å². The average Bonchev–Trinajstić information content (AvgIpc) is 2.63. The molecule has 0 spiro atoms. The van der Waals surface area contributed by atoms with E-state index in [1.54, 1.807) is 11.8 Å². The first-order valence-electron chi connectivity index (χ1n) is 9.03. The van der Waals surface area contributed by atoms with E-state index in [9.17, 15) is 15.0 Å². The average molecular weight is 375 g/mol. The number of piperidine rings is 1. The van der Waals surface area contributed by atoms with Crippen LogP contribution in [-0.2, 0) is 4.79 Å². The van der Waals surface area contributed by atoms with Gasteiger partial charge in [0.1, 0.15) is 11.2 Å². The van der Waals surface area contributed by atoms with Crippen LogP contribution < -0.4 is 4.90 Å². The lowest BCUT2D eigenvalue weighted by Crippen LogP contribution is -2.56. The summed E-state index contributed by atoms with van der Waals surface area (Å²) in [6, 6.07) is 8.25. The van der Waals surface area contributed by atoms with E-state index in [1.165, 1.54) is 4.90 Å². The summed E-state index contributed by atoms with van der Waals surface area (Å²) in [6.45, 7) is 4.92. The Kier molecular flexibility index (Phi) is 5.44. The summed E-state index contributed by atoms with van der Waals surface area (Å²) in [5.41, 5.74) is 0.920. The molecule has 1 aliphatic heterocycles. The molecule has 3 rings (SSSR count). The number of nitrogens with zero attached hydrogens (tertiary/aromatic N) is 2. The number of carboxylic acids is 1. The lowest BCUT2D eigenvalue weighted by atomic mass is 9.74. The van der Waals surface area contributed by atoms with Gasteiger partial charge in [-0.2, -0.15) is 0 Å². The number of rotatable bonds is 5. The van der Waals surface area contributed by atoms with Gasteiger partial charge in [0.25, 0.3) is 0 Å². The lowest BCUT2D eigenvalue weighted by Gasteiger charge is -2.44. The molecule has 140 valence electrons. The van der Waals surface area contributed by atoms with Crippen molar-refractivity contribution in [2.24, 2.45) is 5.41 Å². The molecule has 0 aliphatic carbocycles. The highest BCUT2D eigenvalue weighted by Crippen LogP contribution is 2.37. The fraction of sp³-hybridized carbons (Fsp3) is 0.500. The second kappa shape index (κ2) is 7.45. The van der Waals surface area contributed by atoms with Crippen LogP contribution in [0.4, 0.5) is 5.82 Å². The van der Waals surface area contributed by atoms with Crippen molar-refractivity contribution in [2.45, 2.75) is 44.1 Å². The normalized spacial score (nSPS) is 23.4. The van der Waals surface area contributed by atoms with E-state index in [0.717, 1.165) is 28.7 Å². The fourth-order valence-electron chi connectivity index (χ4n) is 3.93. The quantitative estimate of drug-likeness (QED) is 0.777. The van der Waals surface area contributed by atoms with Crippen LogP contribution in [0.1, 0.15) is 31.7 Å². The zero-order chi connectivity index (χ0) is 18.9. The molecule has 1 aromatic carbocycles. The number of aryl methyl sites for hydroxylation is 1. The Labute approximate surface area is 158 Å². The van der Waals surface area contributed by atoms with Crippen molar-refractivity contribution >= 4 is 34.5 Å². The number of thioether (sulfide) groups is 1. The number of aliphatic hydroxyl groups is 1. The maximum absolute atomic E-state index is 12.0. The zero-order valence-electron chi connectivity index (χ0n) is 15.5. The number of pyridine rings is 1. The first-order valence-corrected chi connectivity index (χ1v) is 10.3. The molecule has 0 bridgehead atoms. The third-order valence-electron chi connectivity index (χ3n) is 5.44. The molecule has 1 aromatic heterocycles. The molecule has 1 fully saturated rings. The summed E-state index contributed by atoms with van der Waals surface area (Å²) in [6.07, 6.45) is 2.86. The Bertz CT molecular complexity index is 826. The molecule has 0 saturated carbocycles. The Hall–Kier alpha value is -1.79. The van der Waals surface area contributed by atoms with Crippen molar-refractivity contribution in [2.75, 3.05) is 24.2 Å². The lowest BCUT2D eigenvalue weighted by molar-refractivity contribution is -0.158. The van der Waals surface area contributed by atoms with Crippen molar-refractivity contribution in [3.05, 3.63) is 29.8 Å². The van der Waals surface area contributed by atoms with Gasteiger partial charge < -0.3 is 15.1 Å². The molecule has 1 aliphatic rings. The summed E-state index contributed by atoms with van der Waals surface area (Å²) in [4.78, 5) is 20.0.